The number of benzene rings is 1. The number of nitrogens with two attached hydrogens (primary N) is 1. The number of halogens is 2. The first kappa shape index (κ1) is 14.7. The van der Waals surface area contributed by atoms with Gasteiger partial charge in [0.2, 0.25) is 0 Å². The van der Waals surface area contributed by atoms with Crippen LogP contribution >= 0.6 is 34.5 Å². The van der Waals surface area contributed by atoms with E-state index in [1.54, 1.807) is 23.5 Å². The summed E-state index contributed by atoms with van der Waals surface area (Å²) in [6.07, 6.45) is 4.55. The third-order valence-electron chi connectivity index (χ3n) is 3.56. The van der Waals surface area contributed by atoms with Crippen LogP contribution in [0.15, 0.2) is 18.2 Å². The normalized spacial score (nSPS) is 13.8. The fourth-order valence-electron chi connectivity index (χ4n) is 2.45. The topological polar surface area (TPSA) is 55.1 Å². The summed E-state index contributed by atoms with van der Waals surface area (Å²) >= 11 is 13.5. The fraction of sp³-hybridized carbons (Fsp3) is 0.267. The van der Waals surface area contributed by atoms with E-state index in [1.165, 1.54) is 23.3 Å². The lowest BCUT2D eigenvalue weighted by Crippen LogP contribution is -2.10. The number of fused-ring (bicyclic) bond motifs is 1. The van der Waals surface area contributed by atoms with Crippen LogP contribution in [-0.4, -0.2) is 5.91 Å². The lowest BCUT2D eigenvalue weighted by atomic mass is 9.99. The average molecular weight is 341 g/mol. The minimum Gasteiger partial charge on any atom is -0.396 e. The second-order valence-electron chi connectivity index (χ2n) is 5.07. The molecule has 0 unspecified atom stereocenters. The van der Waals surface area contributed by atoms with E-state index in [4.69, 9.17) is 28.9 Å². The first-order valence-electron chi connectivity index (χ1n) is 6.72. The number of hydrogen-bond donors (Lipinski definition) is 2. The third-order valence-corrected chi connectivity index (χ3v) is 5.42. The molecule has 0 saturated heterocycles. The van der Waals surface area contributed by atoms with Crippen molar-refractivity contribution in [2.45, 2.75) is 25.7 Å². The maximum absolute atomic E-state index is 12.3. The Balaban J connectivity index is 1.81. The molecule has 1 heterocycles. The summed E-state index contributed by atoms with van der Waals surface area (Å²) in [5.41, 5.74) is 7.87. The molecule has 1 aromatic carbocycles. The number of carbonyl (C=O) groups excluding carboxylic acids is 1. The van der Waals surface area contributed by atoms with E-state index >= 15 is 0 Å². The minimum absolute atomic E-state index is 0.133. The Labute approximate surface area is 137 Å². The van der Waals surface area contributed by atoms with Crippen molar-refractivity contribution in [2.24, 2.45) is 0 Å². The van der Waals surface area contributed by atoms with Gasteiger partial charge in [0.25, 0.3) is 5.91 Å². The zero-order valence-corrected chi connectivity index (χ0v) is 13.5. The molecule has 1 aromatic heterocycles. The van der Waals surface area contributed by atoms with Crippen LogP contribution in [-0.2, 0) is 12.8 Å². The molecule has 0 aliphatic heterocycles. The van der Waals surface area contributed by atoms with E-state index < -0.39 is 0 Å². The highest BCUT2D eigenvalue weighted by Crippen LogP contribution is 2.33. The zero-order valence-electron chi connectivity index (χ0n) is 11.2. The molecule has 6 heteroatoms. The zero-order chi connectivity index (χ0) is 15.0. The molecule has 3 N–H and O–H groups in total. The number of aryl methyl sites for hydroxylation is 2. The van der Waals surface area contributed by atoms with Gasteiger partial charge in [0.15, 0.2) is 0 Å². The van der Waals surface area contributed by atoms with Gasteiger partial charge in [-0.05, 0) is 49.4 Å². The van der Waals surface area contributed by atoms with Crippen LogP contribution < -0.4 is 11.1 Å². The van der Waals surface area contributed by atoms with E-state index in [9.17, 15) is 4.79 Å². The van der Waals surface area contributed by atoms with Crippen molar-refractivity contribution < 1.29 is 4.79 Å². The Bertz CT molecular complexity index is 665. The Morgan fingerprint density at radius 3 is 2.48 bits per heavy atom. The molecule has 0 spiro atoms. The predicted molar refractivity (Wildman–Crippen MR) is 89.8 cm³/mol. The second kappa shape index (κ2) is 5.87. The van der Waals surface area contributed by atoms with Gasteiger partial charge in [0.05, 0.1) is 20.6 Å². The van der Waals surface area contributed by atoms with Crippen molar-refractivity contribution >= 4 is 51.8 Å². The summed E-state index contributed by atoms with van der Waals surface area (Å²) in [7, 11) is 0. The fourth-order valence-corrected chi connectivity index (χ4v) is 4.09. The first-order chi connectivity index (χ1) is 10.0. The van der Waals surface area contributed by atoms with E-state index in [1.807, 2.05) is 6.07 Å². The molecule has 3 nitrogen and oxygen atoms in total. The van der Waals surface area contributed by atoms with Crippen molar-refractivity contribution in [3.63, 3.8) is 0 Å². The molecule has 0 radical (unpaired) electrons. The molecule has 0 fully saturated rings. The van der Waals surface area contributed by atoms with Crippen molar-refractivity contribution in [2.75, 3.05) is 11.1 Å². The van der Waals surface area contributed by atoms with Crippen molar-refractivity contribution in [1.82, 2.24) is 0 Å². The molecule has 0 atom stereocenters. The summed E-state index contributed by atoms with van der Waals surface area (Å²) < 4.78 is 0. The molecule has 1 aliphatic carbocycles. The van der Waals surface area contributed by atoms with Gasteiger partial charge in [-0.1, -0.05) is 23.2 Å². The van der Waals surface area contributed by atoms with E-state index in [-0.39, 0.29) is 5.91 Å². The highest BCUT2D eigenvalue weighted by atomic mass is 35.5. The molecule has 3 rings (SSSR count). The van der Waals surface area contributed by atoms with Crippen LogP contribution in [0, 0.1) is 0 Å². The monoisotopic (exact) mass is 340 g/mol. The smallest absolute Gasteiger partial charge is 0.265 e. The number of thiophene rings is 1. The molecule has 1 amide bonds. The number of nitrogens with one attached hydrogen (secondary N) is 1. The summed E-state index contributed by atoms with van der Waals surface area (Å²) in [5.74, 6) is -0.133. The van der Waals surface area contributed by atoms with Gasteiger partial charge in [-0.15, -0.1) is 11.3 Å². The van der Waals surface area contributed by atoms with Gasteiger partial charge >= 0.3 is 0 Å². The van der Waals surface area contributed by atoms with E-state index in [2.05, 4.69) is 5.32 Å². The van der Waals surface area contributed by atoms with Gasteiger partial charge in [0.1, 0.15) is 0 Å². The van der Waals surface area contributed by atoms with Crippen LogP contribution in [0.5, 0.6) is 0 Å². The van der Waals surface area contributed by atoms with Crippen molar-refractivity contribution in [3.05, 3.63) is 43.6 Å². The lowest BCUT2D eigenvalue weighted by molar-refractivity contribution is 0.103. The molecular weight excluding hydrogens is 327 g/mol. The number of nitrogen functional groups attached to an aromatic ring is 1. The highest BCUT2D eigenvalue weighted by Gasteiger charge is 2.17. The lowest BCUT2D eigenvalue weighted by Gasteiger charge is -2.08. The number of anilines is 2. The van der Waals surface area contributed by atoms with Crippen LogP contribution in [0.1, 0.15) is 33.0 Å². The van der Waals surface area contributed by atoms with Gasteiger partial charge < -0.3 is 11.1 Å². The molecule has 0 saturated carbocycles. The largest absolute Gasteiger partial charge is 0.396 e. The summed E-state index contributed by atoms with van der Waals surface area (Å²) in [4.78, 5) is 14.4. The highest BCUT2D eigenvalue weighted by molar-refractivity contribution is 7.14. The summed E-state index contributed by atoms with van der Waals surface area (Å²) in [6, 6.07) is 5.21. The van der Waals surface area contributed by atoms with Crippen LogP contribution in [0.3, 0.4) is 0 Å². The van der Waals surface area contributed by atoms with Crippen LogP contribution in [0.25, 0.3) is 0 Å². The van der Waals surface area contributed by atoms with Gasteiger partial charge in [-0.25, -0.2) is 0 Å². The molecule has 2 aromatic rings. The summed E-state index contributed by atoms with van der Waals surface area (Å²) in [5, 5.41) is 3.50. The average Bonchev–Trinajstić information content (AvgIpc) is 2.88. The molecule has 0 bridgehead atoms. The van der Waals surface area contributed by atoms with Crippen LogP contribution in [0.4, 0.5) is 11.4 Å². The van der Waals surface area contributed by atoms with Gasteiger partial charge in [-0.2, -0.15) is 0 Å². The second-order valence-corrected chi connectivity index (χ2v) is 7.03. The molecular formula is C15H14Cl2N2OS. The predicted octanol–water partition coefficient (Wildman–Crippen LogP) is 4.77. The van der Waals surface area contributed by atoms with E-state index in [0.29, 0.717) is 21.4 Å². The number of rotatable bonds is 2. The minimum atomic E-state index is -0.133. The van der Waals surface area contributed by atoms with Crippen molar-refractivity contribution in [1.29, 1.82) is 0 Å². The van der Waals surface area contributed by atoms with Gasteiger partial charge in [-0.3, -0.25) is 4.79 Å². The van der Waals surface area contributed by atoms with Crippen molar-refractivity contribution in [3.8, 4) is 0 Å². The maximum atomic E-state index is 12.3. The standard InChI is InChI=1S/C15H14Cl2N2OS/c16-10-6-9(7-11(17)14(10)18)19-15(20)13-5-8-3-1-2-4-12(8)21-13/h5-7H,1-4,18H2,(H,19,20). The SMILES string of the molecule is Nc1c(Cl)cc(NC(=O)c2cc3c(s2)CCCC3)cc1Cl. The molecule has 1 aliphatic rings. The number of hydrogen-bond acceptors (Lipinski definition) is 3. The quantitative estimate of drug-likeness (QED) is 0.773. The molecule has 110 valence electrons. The maximum Gasteiger partial charge on any atom is 0.265 e. The Morgan fingerprint density at radius 2 is 1.81 bits per heavy atom. The summed E-state index contributed by atoms with van der Waals surface area (Å²) in [6.45, 7) is 0. The Kier molecular flexibility index (Phi) is 4.11. The third kappa shape index (κ3) is 3.03. The Morgan fingerprint density at radius 1 is 1.14 bits per heavy atom. The van der Waals surface area contributed by atoms with Gasteiger partial charge in [0, 0.05) is 10.6 Å². The van der Waals surface area contributed by atoms with E-state index in [0.717, 1.165) is 17.7 Å². The molecule has 21 heavy (non-hydrogen) atoms. The first-order valence-corrected chi connectivity index (χ1v) is 8.29. The number of amides is 1. The van der Waals surface area contributed by atoms with Crippen LogP contribution in [0.2, 0.25) is 10.0 Å². The number of carbonyl (C=O) groups is 1. The Hall–Kier alpha value is -1.23.